The first-order valence-corrected chi connectivity index (χ1v) is 7.08. The molecule has 0 saturated carbocycles. The number of hydrogen-bond donors (Lipinski definition) is 2. The van der Waals surface area contributed by atoms with Crippen LogP contribution in [0.2, 0.25) is 0 Å². The van der Waals surface area contributed by atoms with Gasteiger partial charge in [-0.2, -0.15) is 0 Å². The van der Waals surface area contributed by atoms with Crippen LogP contribution in [0.4, 0.5) is 11.4 Å². The first-order chi connectivity index (χ1) is 9.22. The summed E-state index contributed by atoms with van der Waals surface area (Å²) in [5, 5.41) is 6.38. The standard InChI is InChI=1S/C15H23N3O/c1-3-4-9-16-15(19)11-18-12(2)10-17-13-7-5-6-8-14(13)18/h5-8,12,17H,3-4,9-11H2,1-2H3,(H,16,19). The van der Waals surface area contributed by atoms with Crippen LogP contribution in [0.15, 0.2) is 24.3 Å². The van der Waals surface area contributed by atoms with Gasteiger partial charge in [-0.25, -0.2) is 0 Å². The lowest BCUT2D eigenvalue weighted by atomic mass is 10.1. The topological polar surface area (TPSA) is 44.4 Å². The van der Waals surface area contributed by atoms with Crippen molar-refractivity contribution in [3.8, 4) is 0 Å². The second kappa shape index (κ2) is 6.45. The van der Waals surface area contributed by atoms with Crippen LogP contribution in [-0.4, -0.2) is 31.6 Å². The van der Waals surface area contributed by atoms with E-state index in [0.717, 1.165) is 37.3 Å². The molecule has 1 atom stereocenters. The van der Waals surface area contributed by atoms with Gasteiger partial charge in [0.25, 0.3) is 0 Å². The lowest BCUT2D eigenvalue weighted by Crippen LogP contribution is -2.47. The quantitative estimate of drug-likeness (QED) is 0.799. The Hall–Kier alpha value is -1.71. The Balaban J connectivity index is 2.01. The molecule has 1 aromatic carbocycles. The number of hydrogen-bond acceptors (Lipinski definition) is 3. The largest absolute Gasteiger partial charge is 0.381 e. The number of fused-ring (bicyclic) bond motifs is 1. The number of para-hydroxylation sites is 2. The molecule has 4 nitrogen and oxygen atoms in total. The first-order valence-electron chi connectivity index (χ1n) is 7.08. The van der Waals surface area contributed by atoms with Crippen molar-refractivity contribution in [2.75, 3.05) is 29.9 Å². The Morgan fingerprint density at radius 1 is 1.47 bits per heavy atom. The number of unbranched alkanes of at least 4 members (excludes halogenated alkanes) is 1. The highest BCUT2D eigenvalue weighted by atomic mass is 16.2. The highest BCUT2D eigenvalue weighted by Crippen LogP contribution is 2.30. The van der Waals surface area contributed by atoms with E-state index < -0.39 is 0 Å². The molecule has 4 heteroatoms. The average molecular weight is 261 g/mol. The van der Waals surface area contributed by atoms with E-state index in [2.05, 4.69) is 41.5 Å². The Bertz CT molecular complexity index is 433. The molecule has 1 aromatic rings. The van der Waals surface area contributed by atoms with Gasteiger partial charge in [-0.15, -0.1) is 0 Å². The van der Waals surface area contributed by atoms with E-state index in [-0.39, 0.29) is 5.91 Å². The van der Waals surface area contributed by atoms with Crippen molar-refractivity contribution in [2.24, 2.45) is 0 Å². The number of nitrogens with zero attached hydrogens (tertiary/aromatic N) is 1. The van der Waals surface area contributed by atoms with Crippen molar-refractivity contribution >= 4 is 17.3 Å². The first kappa shape index (κ1) is 13.7. The van der Waals surface area contributed by atoms with Gasteiger partial charge in [-0.3, -0.25) is 4.79 Å². The van der Waals surface area contributed by atoms with Crippen molar-refractivity contribution in [3.63, 3.8) is 0 Å². The van der Waals surface area contributed by atoms with Crippen LogP contribution < -0.4 is 15.5 Å². The average Bonchev–Trinajstić information content (AvgIpc) is 2.42. The maximum absolute atomic E-state index is 12.0. The molecule has 104 valence electrons. The second-order valence-electron chi connectivity index (χ2n) is 5.08. The van der Waals surface area contributed by atoms with Gasteiger partial charge >= 0.3 is 0 Å². The number of carbonyl (C=O) groups excluding carboxylic acids is 1. The van der Waals surface area contributed by atoms with Crippen molar-refractivity contribution < 1.29 is 4.79 Å². The number of benzene rings is 1. The van der Waals surface area contributed by atoms with E-state index in [0.29, 0.717) is 12.6 Å². The van der Waals surface area contributed by atoms with Gasteiger partial charge in [0.05, 0.1) is 17.9 Å². The zero-order valence-corrected chi connectivity index (χ0v) is 11.8. The van der Waals surface area contributed by atoms with Crippen molar-refractivity contribution in [2.45, 2.75) is 32.7 Å². The number of carbonyl (C=O) groups is 1. The molecule has 2 rings (SSSR count). The summed E-state index contributed by atoms with van der Waals surface area (Å²) in [6.45, 7) is 6.35. The van der Waals surface area contributed by atoms with E-state index >= 15 is 0 Å². The molecule has 0 fully saturated rings. The number of amides is 1. The van der Waals surface area contributed by atoms with Crippen LogP contribution in [0.5, 0.6) is 0 Å². The third-order valence-corrected chi connectivity index (χ3v) is 3.50. The van der Waals surface area contributed by atoms with Crippen LogP contribution in [0, 0.1) is 0 Å². The predicted molar refractivity (Wildman–Crippen MR) is 79.7 cm³/mol. The highest BCUT2D eigenvalue weighted by molar-refractivity contribution is 5.84. The minimum absolute atomic E-state index is 0.108. The zero-order valence-electron chi connectivity index (χ0n) is 11.8. The molecular weight excluding hydrogens is 238 g/mol. The Morgan fingerprint density at radius 2 is 2.26 bits per heavy atom. The van der Waals surface area contributed by atoms with Crippen molar-refractivity contribution in [1.29, 1.82) is 0 Å². The lowest BCUT2D eigenvalue weighted by molar-refractivity contribution is -0.119. The summed E-state index contributed by atoms with van der Waals surface area (Å²) in [4.78, 5) is 14.1. The van der Waals surface area contributed by atoms with Gasteiger partial charge in [-0.05, 0) is 25.5 Å². The van der Waals surface area contributed by atoms with Crippen LogP contribution in [0.25, 0.3) is 0 Å². The Labute approximate surface area is 115 Å². The number of anilines is 2. The molecule has 2 N–H and O–H groups in total. The maximum atomic E-state index is 12.0. The molecule has 0 radical (unpaired) electrons. The van der Waals surface area contributed by atoms with Crippen LogP contribution in [-0.2, 0) is 4.79 Å². The van der Waals surface area contributed by atoms with Crippen molar-refractivity contribution in [3.05, 3.63) is 24.3 Å². The highest BCUT2D eigenvalue weighted by Gasteiger charge is 2.23. The Kier molecular flexibility index (Phi) is 4.66. The number of rotatable bonds is 5. The molecule has 0 aromatic heterocycles. The maximum Gasteiger partial charge on any atom is 0.239 e. The van der Waals surface area contributed by atoms with Gasteiger partial charge in [0.2, 0.25) is 5.91 Å². The minimum Gasteiger partial charge on any atom is -0.381 e. The molecule has 0 spiro atoms. The molecule has 19 heavy (non-hydrogen) atoms. The summed E-state index contributed by atoms with van der Waals surface area (Å²) in [7, 11) is 0. The molecule has 1 unspecified atom stereocenters. The molecule has 1 aliphatic heterocycles. The molecule has 0 saturated heterocycles. The van der Waals surface area contributed by atoms with Gasteiger partial charge in [0, 0.05) is 19.1 Å². The van der Waals surface area contributed by atoms with Gasteiger partial charge in [0.1, 0.15) is 0 Å². The molecular formula is C15H23N3O. The molecule has 0 bridgehead atoms. The van der Waals surface area contributed by atoms with E-state index in [9.17, 15) is 4.79 Å². The summed E-state index contributed by atoms with van der Waals surface area (Å²) < 4.78 is 0. The summed E-state index contributed by atoms with van der Waals surface area (Å²) in [5.74, 6) is 0.108. The summed E-state index contributed by atoms with van der Waals surface area (Å²) in [6.07, 6.45) is 2.15. The van der Waals surface area contributed by atoms with E-state index in [4.69, 9.17) is 0 Å². The second-order valence-corrected chi connectivity index (χ2v) is 5.08. The summed E-state index contributed by atoms with van der Waals surface area (Å²) in [5.41, 5.74) is 2.23. The third-order valence-electron chi connectivity index (χ3n) is 3.50. The predicted octanol–water partition coefficient (Wildman–Crippen LogP) is 2.22. The van der Waals surface area contributed by atoms with Crippen molar-refractivity contribution in [1.82, 2.24) is 5.32 Å². The van der Waals surface area contributed by atoms with Crippen LogP contribution >= 0.6 is 0 Å². The summed E-state index contributed by atoms with van der Waals surface area (Å²) >= 11 is 0. The fourth-order valence-corrected chi connectivity index (χ4v) is 2.34. The molecule has 1 amide bonds. The smallest absolute Gasteiger partial charge is 0.239 e. The number of nitrogens with one attached hydrogen (secondary N) is 2. The van der Waals surface area contributed by atoms with Crippen LogP contribution in [0.1, 0.15) is 26.7 Å². The normalized spacial score (nSPS) is 17.6. The monoisotopic (exact) mass is 261 g/mol. The fourth-order valence-electron chi connectivity index (χ4n) is 2.34. The lowest BCUT2D eigenvalue weighted by Gasteiger charge is -2.37. The molecule has 0 aliphatic carbocycles. The summed E-state index contributed by atoms with van der Waals surface area (Å²) in [6, 6.07) is 8.48. The van der Waals surface area contributed by atoms with E-state index in [1.807, 2.05) is 12.1 Å². The Morgan fingerprint density at radius 3 is 3.05 bits per heavy atom. The molecule has 1 aliphatic rings. The molecule has 1 heterocycles. The van der Waals surface area contributed by atoms with Crippen LogP contribution in [0.3, 0.4) is 0 Å². The fraction of sp³-hybridized carbons (Fsp3) is 0.533. The third kappa shape index (κ3) is 3.40. The van der Waals surface area contributed by atoms with Gasteiger partial charge in [0.15, 0.2) is 0 Å². The SMILES string of the molecule is CCCCNC(=O)CN1c2ccccc2NCC1C. The minimum atomic E-state index is 0.108. The zero-order chi connectivity index (χ0) is 13.7. The van der Waals surface area contributed by atoms with Gasteiger partial charge in [-0.1, -0.05) is 25.5 Å². The van der Waals surface area contributed by atoms with Gasteiger partial charge < -0.3 is 15.5 Å². The van der Waals surface area contributed by atoms with E-state index in [1.165, 1.54) is 0 Å². The van der Waals surface area contributed by atoms with E-state index in [1.54, 1.807) is 0 Å².